The molecule has 0 saturated heterocycles. The van der Waals surface area contributed by atoms with Crippen molar-refractivity contribution in [1.82, 2.24) is 4.72 Å². The number of nitrogens with two attached hydrogens (primary N) is 1. The summed E-state index contributed by atoms with van der Waals surface area (Å²) in [6.45, 7) is 0.343. The van der Waals surface area contributed by atoms with Gasteiger partial charge in [0.25, 0.3) is 0 Å². The van der Waals surface area contributed by atoms with E-state index < -0.39 is 16.0 Å². The second-order valence-corrected chi connectivity index (χ2v) is 6.80. The molecule has 0 atom stereocenters. The molecule has 2 rings (SSSR count). The van der Waals surface area contributed by atoms with E-state index in [1.54, 1.807) is 0 Å². The number of carboxylic acids is 1. The molecule has 0 radical (unpaired) electrons. The van der Waals surface area contributed by atoms with Gasteiger partial charge in [-0.1, -0.05) is 12.8 Å². The van der Waals surface area contributed by atoms with Gasteiger partial charge in [-0.3, -0.25) is 0 Å². The number of carbonyl (C=O) groups is 1. The Morgan fingerprint density at radius 3 is 2.60 bits per heavy atom. The summed E-state index contributed by atoms with van der Waals surface area (Å²) in [7, 11) is -3.86. The first kappa shape index (κ1) is 14.8. The lowest BCUT2D eigenvalue weighted by Crippen LogP contribution is -2.29. The average Bonchev–Trinajstić information content (AvgIpc) is 2.89. The van der Waals surface area contributed by atoms with Crippen LogP contribution in [-0.2, 0) is 10.0 Å². The summed E-state index contributed by atoms with van der Waals surface area (Å²) in [4.78, 5) is 10.8. The third-order valence-electron chi connectivity index (χ3n) is 3.56. The van der Waals surface area contributed by atoms with E-state index in [4.69, 9.17) is 10.8 Å². The van der Waals surface area contributed by atoms with E-state index in [-0.39, 0.29) is 16.1 Å². The van der Waals surface area contributed by atoms with Gasteiger partial charge in [0.2, 0.25) is 10.0 Å². The Hall–Kier alpha value is -1.60. The number of carboxylic acid groups (broad SMARTS) is 1. The molecule has 1 saturated carbocycles. The summed E-state index contributed by atoms with van der Waals surface area (Å²) in [6.07, 6.45) is 4.24. The van der Waals surface area contributed by atoms with E-state index in [1.165, 1.54) is 18.2 Å². The van der Waals surface area contributed by atoms with Crippen molar-refractivity contribution < 1.29 is 18.3 Å². The standard InChI is InChI=1S/C13H18N2O4S/c14-10-5-6-11(13(16)17)12(7-10)20(18,19)15-8-9-3-1-2-4-9/h5-7,9,15H,1-4,8,14H2,(H,16,17). The molecule has 0 bridgehead atoms. The molecule has 6 nitrogen and oxygen atoms in total. The molecule has 1 aliphatic carbocycles. The molecular formula is C13H18N2O4S. The Labute approximate surface area is 118 Å². The zero-order valence-electron chi connectivity index (χ0n) is 11.0. The van der Waals surface area contributed by atoms with E-state index in [2.05, 4.69) is 4.72 Å². The van der Waals surface area contributed by atoms with Crippen LogP contribution in [0.4, 0.5) is 5.69 Å². The molecule has 110 valence electrons. The van der Waals surface area contributed by atoms with E-state index in [9.17, 15) is 13.2 Å². The highest BCUT2D eigenvalue weighted by molar-refractivity contribution is 7.89. The number of sulfonamides is 1. The van der Waals surface area contributed by atoms with Crippen molar-refractivity contribution in [3.63, 3.8) is 0 Å². The average molecular weight is 298 g/mol. The second-order valence-electron chi connectivity index (χ2n) is 5.06. The number of nitrogen functional groups attached to an aromatic ring is 1. The minimum absolute atomic E-state index is 0.219. The van der Waals surface area contributed by atoms with Crippen LogP contribution in [-0.4, -0.2) is 26.0 Å². The van der Waals surface area contributed by atoms with Gasteiger partial charge >= 0.3 is 5.97 Å². The Kier molecular flexibility index (Phi) is 4.29. The van der Waals surface area contributed by atoms with Crippen LogP contribution in [0.25, 0.3) is 0 Å². The molecule has 1 aromatic rings. The van der Waals surface area contributed by atoms with Crippen molar-refractivity contribution in [2.45, 2.75) is 30.6 Å². The van der Waals surface area contributed by atoms with Gasteiger partial charge in [-0.2, -0.15) is 0 Å². The predicted molar refractivity (Wildman–Crippen MR) is 75.0 cm³/mol. The van der Waals surface area contributed by atoms with E-state index in [1.807, 2.05) is 0 Å². The summed E-state index contributed by atoms with van der Waals surface area (Å²) in [5, 5.41) is 9.07. The molecule has 20 heavy (non-hydrogen) atoms. The molecule has 7 heteroatoms. The third kappa shape index (κ3) is 3.29. The van der Waals surface area contributed by atoms with Crippen molar-refractivity contribution in [2.75, 3.05) is 12.3 Å². The lowest BCUT2D eigenvalue weighted by Gasteiger charge is -2.13. The van der Waals surface area contributed by atoms with Gasteiger partial charge in [0, 0.05) is 12.2 Å². The molecular weight excluding hydrogens is 280 g/mol. The number of rotatable bonds is 5. The van der Waals surface area contributed by atoms with Crippen LogP contribution in [0.3, 0.4) is 0 Å². The summed E-state index contributed by atoms with van der Waals surface area (Å²) in [6, 6.07) is 3.77. The third-order valence-corrected chi connectivity index (χ3v) is 5.03. The van der Waals surface area contributed by atoms with E-state index >= 15 is 0 Å². The van der Waals surface area contributed by atoms with Crippen LogP contribution in [0.15, 0.2) is 23.1 Å². The van der Waals surface area contributed by atoms with Crippen molar-refractivity contribution in [2.24, 2.45) is 5.92 Å². The van der Waals surface area contributed by atoms with Gasteiger partial charge in [-0.25, -0.2) is 17.9 Å². The number of anilines is 1. The number of hydrogen-bond acceptors (Lipinski definition) is 4. The highest BCUT2D eigenvalue weighted by atomic mass is 32.2. The fourth-order valence-corrected chi connectivity index (χ4v) is 3.80. The van der Waals surface area contributed by atoms with Crippen molar-refractivity contribution in [1.29, 1.82) is 0 Å². The number of nitrogens with one attached hydrogen (secondary N) is 1. The predicted octanol–water partition coefficient (Wildman–Crippen LogP) is 1.44. The summed E-state index contributed by atoms with van der Waals surface area (Å²) in [5.41, 5.74) is 5.51. The molecule has 0 unspecified atom stereocenters. The molecule has 0 aliphatic heterocycles. The first-order chi connectivity index (χ1) is 9.40. The highest BCUT2D eigenvalue weighted by Gasteiger charge is 2.24. The molecule has 0 aromatic heterocycles. The molecule has 0 heterocycles. The number of hydrogen-bond donors (Lipinski definition) is 3. The molecule has 1 fully saturated rings. The lowest BCUT2D eigenvalue weighted by atomic mass is 10.1. The molecule has 1 aliphatic rings. The summed E-state index contributed by atoms with van der Waals surface area (Å²) >= 11 is 0. The maximum absolute atomic E-state index is 12.2. The minimum Gasteiger partial charge on any atom is -0.478 e. The van der Waals surface area contributed by atoms with Crippen LogP contribution in [0.1, 0.15) is 36.0 Å². The van der Waals surface area contributed by atoms with Crippen LogP contribution in [0.5, 0.6) is 0 Å². The summed E-state index contributed by atoms with van der Waals surface area (Å²) < 4.78 is 27.0. The SMILES string of the molecule is Nc1ccc(C(=O)O)c(S(=O)(=O)NCC2CCCC2)c1. The van der Waals surface area contributed by atoms with Crippen LogP contribution < -0.4 is 10.5 Å². The van der Waals surface area contributed by atoms with Crippen molar-refractivity contribution >= 4 is 21.7 Å². The Morgan fingerprint density at radius 2 is 2.00 bits per heavy atom. The topological polar surface area (TPSA) is 109 Å². The Balaban J connectivity index is 2.23. The fraction of sp³-hybridized carbons (Fsp3) is 0.462. The summed E-state index contributed by atoms with van der Waals surface area (Å²) in [5.74, 6) is -0.953. The Morgan fingerprint density at radius 1 is 1.35 bits per heavy atom. The van der Waals surface area contributed by atoms with Crippen molar-refractivity contribution in [3.8, 4) is 0 Å². The molecule has 4 N–H and O–H groups in total. The monoisotopic (exact) mass is 298 g/mol. The Bertz CT molecular complexity index is 607. The minimum atomic E-state index is -3.86. The van der Waals surface area contributed by atoms with E-state index in [0.29, 0.717) is 12.5 Å². The molecule has 1 aromatic carbocycles. The number of benzene rings is 1. The van der Waals surface area contributed by atoms with E-state index in [0.717, 1.165) is 25.7 Å². The van der Waals surface area contributed by atoms with Gasteiger partial charge in [-0.15, -0.1) is 0 Å². The fourth-order valence-electron chi connectivity index (χ4n) is 2.46. The highest BCUT2D eigenvalue weighted by Crippen LogP contribution is 2.25. The maximum atomic E-state index is 12.2. The van der Waals surface area contributed by atoms with Gasteiger partial charge in [0.05, 0.1) is 10.5 Å². The van der Waals surface area contributed by atoms with Crippen molar-refractivity contribution in [3.05, 3.63) is 23.8 Å². The first-order valence-electron chi connectivity index (χ1n) is 6.52. The van der Waals surface area contributed by atoms with Crippen LogP contribution >= 0.6 is 0 Å². The van der Waals surface area contributed by atoms with Gasteiger partial charge in [-0.05, 0) is 37.0 Å². The first-order valence-corrected chi connectivity index (χ1v) is 8.01. The zero-order chi connectivity index (χ0) is 14.8. The second kappa shape index (κ2) is 5.80. The van der Waals surface area contributed by atoms with Crippen LogP contribution in [0, 0.1) is 5.92 Å². The smallest absolute Gasteiger partial charge is 0.337 e. The van der Waals surface area contributed by atoms with Gasteiger partial charge < -0.3 is 10.8 Å². The largest absolute Gasteiger partial charge is 0.478 e. The van der Waals surface area contributed by atoms with Gasteiger partial charge in [0.15, 0.2) is 0 Å². The van der Waals surface area contributed by atoms with Gasteiger partial charge in [0.1, 0.15) is 0 Å². The molecule has 0 amide bonds. The normalized spacial score (nSPS) is 16.4. The zero-order valence-corrected chi connectivity index (χ0v) is 11.8. The maximum Gasteiger partial charge on any atom is 0.337 e. The molecule has 0 spiro atoms. The van der Waals surface area contributed by atoms with Crippen LogP contribution in [0.2, 0.25) is 0 Å². The quantitative estimate of drug-likeness (QED) is 0.712. The number of aromatic carboxylic acids is 1. The lowest BCUT2D eigenvalue weighted by molar-refractivity contribution is 0.0692.